The zero-order chi connectivity index (χ0) is 27.5. The first-order valence-corrected chi connectivity index (χ1v) is 13.3. The number of benzene rings is 1. The van der Waals surface area contributed by atoms with Crippen LogP contribution in [0.5, 0.6) is 0 Å². The van der Waals surface area contributed by atoms with E-state index in [0.29, 0.717) is 12.1 Å². The van der Waals surface area contributed by atoms with E-state index in [4.69, 9.17) is 4.74 Å². The second kappa shape index (κ2) is 14.3. The van der Waals surface area contributed by atoms with E-state index in [1.165, 1.54) is 0 Å². The number of hydrogen-bond acceptors (Lipinski definition) is 5. The standard InChI is InChI=1S/C28H45N3O4S/c1-9-11-12-13-17-31(25(33)22(19-36)29-26(34)35-28(6,7)8)23(24(32)30-27(3,4)5)21-16-14-15-20(10-2)18-21/h10,14-16,18,22-23,36H,2,9,11-13,17,19H2,1,3-8H3,(H,29,34)(H,30,32). The Kier molecular flexibility index (Phi) is 12.5. The Balaban J connectivity index is 3.46. The number of amides is 3. The highest BCUT2D eigenvalue weighted by molar-refractivity contribution is 7.80. The summed E-state index contributed by atoms with van der Waals surface area (Å²) in [5.74, 6) is -0.614. The largest absolute Gasteiger partial charge is 0.444 e. The summed E-state index contributed by atoms with van der Waals surface area (Å²) in [6, 6.07) is 5.59. The number of hydrogen-bond donors (Lipinski definition) is 3. The van der Waals surface area contributed by atoms with Gasteiger partial charge in [-0.1, -0.05) is 57.0 Å². The molecule has 0 aliphatic rings. The highest BCUT2D eigenvalue weighted by Crippen LogP contribution is 2.26. The van der Waals surface area contributed by atoms with Gasteiger partial charge in [-0.15, -0.1) is 0 Å². The van der Waals surface area contributed by atoms with Crippen LogP contribution in [0.3, 0.4) is 0 Å². The van der Waals surface area contributed by atoms with Gasteiger partial charge >= 0.3 is 6.09 Å². The number of unbranched alkanes of at least 4 members (excludes halogenated alkanes) is 3. The van der Waals surface area contributed by atoms with E-state index in [1.807, 2.05) is 45.0 Å². The first kappa shape index (κ1) is 31.5. The average Bonchev–Trinajstić information content (AvgIpc) is 2.76. The molecule has 0 heterocycles. The SMILES string of the molecule is C=Cc1cccc(C(C(=O)NC(C)(C)C)N(CCCCCC)C(=O)C(CS)NC(=O)OC(C)(C)C)c1. The van der Waals surface area contributed by atoms with Crippen LogP contribution < -0.4 is 10.6 Å². The van der Waals surface area contributed by atoms with Crippen LogP contribution in [-0.2, 0) is 14.3 Å². The molecule has 0 fully saturated rings. The molecule has 2 atom stereocenters. The molecule has 8 heteroatoms. The molecule has 0 radical (unpaired) electrons. The van der Waals surface area contributed by atoms with E-state index in [1.54, 1.807) is 31.7 Å². The molecule has 1 rings (SSSR count). The van der Waals surface area contributed by atoms with Gasteiger partial charge in [0.15, 0.2) is 0 Å². The zero-order valence-electron chi connectivity index (χ0n) is 23.0. The molecule has 1 aromatic rings. The Hall–Kier alpha value is -2.48. The van der Waals surface area contributed by atoms with Crippen LogP contribution in [0.4, 0.5) is 4.79 Å². The monoisotopic (exact) mass is 519 g/mol. The third-order valence-electron chi connectivity index (χ3n) is 5.23. The molecule has 202 valence electrons. The van der Waals surface area contributed by atoms with Crippen molar-refractivity contribution in [1.82, 2.24) is 15.5 Å². The summed E-state index contributed by atoms with van der Waals surface area (Å²) >= 11 is 4.34. The molecule has 0 bridgehead atoms. The molecule has 0 aliphatic heterocycles. The Bertz CT molecular complexity index is 890. The topological polar surface area (TPSA) is 87.7 Å². The van der Waals surface area contributed by atoms with E-state index in [2.05, 4.69) is 36.8 Å². The third kappa shape index (κ3) is 11.1. The highest BCUT2D eigenvalue weighted by Gasteiger charge is 2.36. The van der Waals surface area contributed by atoms with Gasteiger partial charge in [0, 0.05) is 17.8 Å². The van der Waals surface area contributed by atoms with Gasteiger partial charge in [-0.2, -0.15) is 12.6 Å². The summed E-state index contributed by atoms with van der Waals surface area (Å²) in [5.41, 5.74) is 0.305. The number of nitrogens with one attached hydrogen (secondary N) is 2. The van der Waals surface area contributed by atoms with Gasteiger partial charge in [-0.05, 0) is 65.2 Å². The maximum atomic E-state index is 13.9. The summed E-state index contributed by atoms with van der Waals surface area (Å²) in [6.07, 6.45) is 4.72. The van der Waals surface area contributed by atoms with Crippen molar-refractivity contribution in [1.29, 1.82) is 0 Å². The fourth-order valence-electron chi connectivity index (χ4n) is 3.68. The van der Waals surface area contributed by atoms with Gasteiger partial charge in [0.2, 0.25) is 11.8 Å². The number of carbonyl (C=O) groups excluding carboxylic acids is 3. The fourth-order valence-corrected chi connectivity index (χ4v) is 3.93. The van der Waals surface area contributed by atoms with Gasteiger partial charge in [-0.25, -0.2) is 4.79 Å². The van der Waals surface area contributed by atoms with Crippen molar-refractivity contribution in [2.24, 2.45) is 0 Å². The second-order valence-electron chi connectivity index (χ2n) is 11.0. The smallest absolute Gasteiger partial charge is 0.408 e. The summed E-state index contributed by atoms with van der Waals surface area (Å²) in [5, 5.41) is 5.68. The fraction of sp³-hybridized carbons (Fsp3) is 0.607. The minimum atomic E-state index is -0.957. The van der Waals surface area contributed by atoms with Gasteiger partial charge in [0.25, 0.3) is 0 Å². The van der Waals surface area contributed by atoms with Crippen molar-refractivity contribution in [3.05, 3.63) is 42.0 Å². The normalized spacial score (nSPS) is 13.3. The van der Waals surface area contributed by atoms with E-state index >= 15 is 0 Å². The first-order valence-electron chi connectivity index (χ1n) is 12.7. The molecule has 7 nitrogen and oxygen atoms in total. The Morgan fingerprint density at radius 2 is 1.78 bits per heavy atom. The summed E-state index contributed by atoms with van der Waals surface area (Å²) in [7, 11) is 0. The van der Waals surface area contributed by atoms with Crippen LogP contribution >= 0.6 is 12.6 Å². The van der Waals surface area contributed by atoms with Crippen molar-refractivity contribution in [3.8, 4) is 0 Å². The first-order chi connectivity index (χ1) is 16.7. The minimum absolute atomic E-state index is 0.0594. The van der Waals surface area contributed by atoms with Crippen LogP contribution in [0.25, 0.3) is 6.08 Å². The molecule has 0 saturated heterocycles. The van der Waals surface area contributed by atoms with E-state index in [-0.39, 0.29) is 17.6 Å². The van der Waals surface area contributed by atoms with Crippen LogP contribution in [0.15, 0.2) is 30.8 Å². The van der Waals surface area contributed by atoms with E-state index < -0.39 is 29.3 Å². The maximum absolute atomic E-state index is 13.9. The number of thiol groups is 1. The zero-order valence-corrected chi connectivity index (χ0v) is 23.9. The molecule has 0 aromatic heterocycles. The number of alkyl carbamates (subject to hydrolysis) is 1. The lowest BCUT2D eigenvalue weighted by atomic mass is 9.98. The summed E-state index contributed by atoms with van der Waals surface area (Å²) in [4.78, 5) is 41.6. The Morgan fingerprint density at radius 3 is 2.31 bits per heavy atom. The molecule has 3 amide bonds. The maximum Gasteiger partial charge on any atom is 0.408 e. The number of nitrogens with zero attached hydrogens (tertiary/aromatic N) is 1. The second-order valence-corrected chi connectivity index (χ2v) is 11.4. The lowest BCUT2D eigenvalue weighted by Gasteiger charge is -2.36. The van der Waals surface area contributed by atoms with Crippen LogP contribution in [0, 0.1) is 0 Å². The molecule has 2 unspecified atom stereocenters. The molecule has 36 heavy (non-hydrogen) atoms. The predicted molar refractivity (Wildman–Crippen MR) is 150 cm³/mol. The van der Waals surface area contributed by atoms with Gasteiger partial charge < -0.3 is 20.3 Å². The molecule has 2 N–H and O–H groups in total. The predicted octanol–water partition coefficient (Wildman–Crippen LogP) is 5.52. The average molecular weight is 520 g/mol. The minimum Gasteiger partial charge on any atom is -0.444 e. The van der Waals surface area contributed by atoms with Crippen LogP contribution in [0.1, 0.15) is 91.3 Å². The third-order valence-corrected chi connectivity index (χ3v) is 5.59. The van der Waals surface area contributed by atoms with Crippen molar-refractivity contribution >= 4 is 36.6 Å². The van der Waals surface area contributed by atoms with E-state index in [9.17, 15) is 14.4 Å². The number of ether oxygens (including phenoxy) is 1. The molecular weight excluding hydrogens is 474 g/mol. The van der Waals surface area contributed by atoms with E-state index in [0.717, 1.165) is 31.2 Å². The van der Waals surface area contributed by atoms with Crippen LogP contribution in [0.2, 0.25) is 0 Å². The quantitative estimate of drug-likeness (QED) is 0.251. The summed E-state index contributed by atoms with van der Waals surface area (Å²) < 4.78 is 5.36. The van der Waals surface area contributed by atoms with Gasteiger partial charge in [0.1, 0.15) is 17.7 Å². The Morgan fingerprint density at radius 1 is 1.11 bits per heavy atom. The van der Waals surface area contributed by atoms with Crippen molar-refractivity contribution in [2.45, 2.75) is 97.4 Å². The lowest BCUT2D eigenvalue weighted by molar-refractivity contribution is -0.142. The summed E-state index contributed by atoms with van der Waals surface area (Å²) in [6.45, 7) is 17.3. The molecule has 0 spiro atoms. The van der Waals surface area contributed by atoms with Crippen molar-refractivity contribution in [3.63, 3.8) is 0 Å². The van der Waals surface area contributed by atoms with Gasteiger partial charge in [0.05, 0.1) is 0 Å². The Labute approximate surface area is 222 Å². The molecular formula is C28H45N3O4S. The highest BCUT2D eigenvalue weighted by atomic mass is 32.1. The van der Waals surface area contributed by atoms with Crippen molar-refractivity contribution in [2.75, 3.05) is 12.3 Å². The molecule has 0 saturated carbocycles. The lowest BCUT2D eigenvalue weighted by Crippen LogP contribution is -2.55. The van der Waals surface area contributed by atoms with Crippen LogP contribution in [-0.4, -0.2) is 52.3 Å². The van der Waals surface area contributed by atoms with Gasteiger partial charge in [-0.3, -0.25) is 9.59 Å². The molecule has 1 aromatic carbocycles. The number of carbonyl (C=O) groups is 3. The number of rotatable bonds is 12. The molecule has 0 aliphatic carbocycles. The van der Waals surface area contributed by atoms with Crippen molar-refractivity contribution < 1.29 is 19.1 Å².